The van der Waals surface area contributed by atoms with Crippen molar-refractivity contribution in [1.29, 1.82) is 0 Å². The van der Waals surface area contributed by atoms with Crippen LogP contribution in [-0.4, -0.2) is 12.1 Å². The van der Waals surface area contributed by atoms with Crippen molar-refractivity contribution >= 4 is 5.97 Å². The number of hydrogen-bond acceptors (Lipinski definition) is 3. The molecule has 0 saturated carbocycles. The highest BCUT2D eigenvalue weighted by Crippen LogP contribution is 2.30. The van der Waals surface area contributed by atoms with Crippen LogP contribution in [0.1, 0.15) is 18.4 Å². The van der Waals surface area contributed by atoms with Gasteiger partial charge >= 0.3 is 5.97 Å². The Labute approximate surface area is 88.2 Å². The van der Waals surface area contributed by atoms with E-state index in [1.165, 1.54) is 0 Å². The molecule has 0 aromatic heterocycles. The Hall–Kier alpha value is -1.61. The van der Waals surface area contributed by atoms with Crippen molar-refractivity contribution in [3.63, 3.8) is 0 Å². The van der Waals surface area contributed by atoms with Crippen LogP contribution >= 0.6 is 0 Å². The first-order chi connectivity index (χ1) is 7.20. The summed E-state index contributed by atoms with van der Waals surface area (Å²) in [5, 5.41) is 0. The minimum absolute atomic E-state index is 0.0603. The van der Waals surface area contributed by atoms with Crippen LogP contribution in [0.2, 0.25) is 0 Å². The fourth-order valence-corrected chi connectivity index (χ4v) is 1.64. The van der Waals surface area contributed by atoms with E-state index in [-0.39, 0.29) is 12.0 Å². The minimum Gasteiger partial charge on any atom is -0.292 e. The molecule has 0 amide bonds. The van der Waals surface area contributed by atoms with E-state index in [1.54, 1.807) is 0 Å². The molecular formula is C12H12O3. The normalized spacial score (nSPS) is 22.6. The van der Waals surface area contributed by atoms with Crippen molar-refractivity contribution in [2.75, 3.05) is 0 Å². The van der Waals surface area contributed by atoms with E-state index in [0.717, 1.165) is 5.56 Å². The van der Waals surface area contributed by atoms with Gasteiger partial charge in [0.05, 0.1) is 5.57 Å². The molecule has 0 radical (unpaired) electrons. The van der Waals surface area contributed by atoms with Crippen molar-refractivity contribution in [2.45, 2.75) is 18.9 Å². The SMILES string of the molecule is C=C1C(=O)OOC1C(C)c1ccccc1. The molecule has 1 aromatic rings. The molecule has 0 N–H and O–H groups in total. The second kappa shape index (κ2) is 3.87. The summed E-state index contributed by atoms with van der Waals surface area (Å²) in [5.74, 6) is -0.409. The quantitative estimate of drug-likeness (QED) is 0.547. The first kappa shape index (κ1) is 9.93. The lowest BCUT2D eigenvalue weighted by Crippen LogP contribution is -2.17. The van der Waals surface area contributed by atoms with Crippen molar-refractivity contribution < 1.29 is 14.6 Å². The van der Waals surface area contributed by atoms with Gasteiger partial charge in [-0.1, -0.05) is 43.8 Å². The van der Waals surface area contributed by atoms with Crippen LogP contribution < -0.4 is 0 Å². The lowest BCUT2D eigenvalue weighted by atomic mass is 9.92. The molecule has 0 aliphatic carbocycles. The molecule has 2 atom stereocenters. The van der Waals surface area contributed by atoms with Gasteiger partial charge in [0, 0.05) is 5.92 Å². The van der Waals surface area contributed by atoms with Gasteiger partial charge in [0.2, 0.25) is 0 Å². The summed E-state index contributed by atoms with van der Waals surface area (Å²) in [5.41, 5.74) is 1.48. The second-order valence-corrected chi connectivity index (χ2v) is 3.61. The van der Waals surface area contributed by atoms with E-state index in [9.17, 15) is 4.79 Å². The maximum Gasteiger partial charge on any atom is 0.371 e. The Balaban J connectivity index is 2.19. The largest absolute Gasteiger partial charge is 0.371 e. The lowest BCUT2D eigenvalue weighted by molar-refractivity contribution is -0.263. The molecule has 1 saturated heterocycles. The van der Waals surface area contributed by atoms with Crippen LogP contribution in [0.5, 0.6) is 0 Å². The summed E-state index contributed by atoms with van der Waals surface area (Å²) in [4.78, 5) is 20.5. The van der Waals surface area contributed by atoms with Gasteiger partial charge in [-0.3, -0.25) is 4.89 Å². The second-order valence-electron chi connectivity index (χ2n) is 3.61. The third kappa shape index (κ3) is 1.78. The van der Waals surface area contributed by atoms with Crippen molar-refractivity contribution in [3.8, 4) is 0 Å². The molecular weight excluding hydrogens is 192 g/mol. The molecule has 0 bridgehead atoms. The van der Waals surface area contributed by atoms with Gasteiger partial charge in [-0.15, -0.1) is 0 Å². The molecule has 1 fully saturated rings. The smallest absolute Gasteiger partial charge is 0.292 e. The maximum atomic E-state index is 11.1. The standard InChI is InChI=1S/C12H12O3/c1-8(10-6-4-3-5-7-10)11-9(2)12(13)15-14-11/h3-8,11H,2H2,1H3. The highest BCUT2D eigenvalue weighted by Gasteiger charge is 2.35. The van der Waals surface area contributed by atoms with E-state index >= 15 is 0 Å². The number of carbonyl (C=O) groups excluding carboxylic acids is 1. The van der Waals surface area contributed by atoms with Crippen LogP contribution in [0.25, 0.3) is 0 Å². The van der Waals surface area contributed by atoms with E-state index in [2.05, 4.69) is 11.5 Å². The Morgan fingerprint density at radius 1 is 1.33 bits per heavy atom. The maximum absolute atomic E-state index is 11.1. The van der Waals surface area contributed by atoms with Gasteiger partial charge in [-0.05, 0) is 5.56 Å². The highest BCUT2D eigenvalue weighted by molar-refractivity contribution is 5.90. The first-order valence-electron chi connectivity index (χ1n) is 4.81. The molecule has 3 heteroatoms. The number of benzene rings is 1. The first-order valence-corrected chi connectivity index (χ1v) is 4.81. The highest BCUT2D eigenvalue weighted by atomic mass is 17.2. The predicted octanol–water partition coefficient (Wildman–Crippen LogP) is 2.20. The van der Waals surface area contributed by atoms with Crippen molar-refractivity contribution in [1.82, 2.24) is 0 Å². The summed E-state index contributed by atoms with van der Waals surface area (Å²) in [6, 6.07) is 9.83. The van der Waals surface area contributed by atoms with Crippen LogP contribution in [0, 0.1) is 0 Å². The molecule has 78 valence electrons. The van der Waals surface area contributed by atoms with Crippen LogP contribution in [-0.2, 0) is 14.6 Å². The molecule has 1 heterocycles. The van der Waals surface area contributed by atoms with Gasteiger partial charge in [0.1, 0.15) is 6.10 Å². The molecule has 1 aliphatic heterocycles. The van der Waals surface area contributed by atoms with Gasteiger partial charge in [-0.25, -0.2) is 4.79 Å². The third-order valence-corrected chi connectivity index (χ3v) is 2.61. The van der Waals surface area contributed by atoms with Gasteiger partial charge in [-0.2, -0.15) is 4.89 Å². The van der Waals surface area contributed by atoms with Crippen molar-refractivity contribution in [2.24, 2.45) is 0 Å². The zero-order chi connectivity index (χ0) is 10.8. The Morgan fingerprint density at radius 3 is 2.53 bits per heavy atom. The zero-order valence-electron chi connectivity index (χ0n) is 8.47. The summed E-state index contributed by atoms with van der Waals surface area (Å²) in [7, 11) is 0. The van der Waals surface area contributed by atoms with Gasteiger partial charge in [0.25, 0.3) is 0 Å². The fourth-order valence-electron chi connectivity index (χ4n) is 1.64. The molecule has 1 aromatic carbocycles. The molecule has 2 unspecified atom stereocenters. The molecule has 3 nitrogen and oxygen atoms in total. The number of hydrogen-bond donors (Lipinski definition) is 0. The molecule has 2 rings (SSSR count). The van der Waals surface area contributed by atoms with Crippen molar-refractivity contribution in [3.05, 3.63) is 48.0 Å². The average Bonchev–Trinajstić information content (AvgIpc) is 2.60. The average molecular weight is 204 g/mol. The van der Waals surface area contributed by atoms with E-state index in [4.69, 9.17) is 4.89 Å². The van der Waals surface area contributed by atoms with Gasteiger partial charge in [0.15, 0.2) is 0 Å². The third-order valence-electron chi connectivity index (χ3n) is 2.61. The van der Waals surface area contributed by atoms with Gasteiger partial charge < -0.3 is 0 Å². The Kier molecular flexibility index (Phi) is 2.56. The van der Waals surface area contributed by atoms with E-state index in [1.807, 2.05) is 37.3 Å². The van der Waals surface area contributed by atoms with Crippen LogP contribution in [0.4, 0.5) is 0 Å². The Morgan fingerprint density at radius 2 is 2.00 bits per heavy atom. The number of rotatable bonds is 2. The number of carbonyl (C=O) groups is 1. The van der Waals surface area contributed by atoms with Crippen LogP contribution in [0.3, 0.4) is 0 Å². The zero-order valence-corrected chi connectivity index (χ0v) is 8.47. The summed E-state index contributed by atoms with van der Waals surface area (Å²) < 4.78 is 0. The molecule has 0 spiro atoms. The minimum atomic E-state index is -0.470. The Bertz CT molecular complexity index is 383. The van der Waals surface area contributed by atoms with Crippen LogP contribution in [0.15, 0.2) is 42.5 Å². The summed E-state index contributed by atoms with van der Waals surface area (Å²) >= 11 is 0. The molecule has 15 heavy (non-hydrogen) atoms. The summed E-state index contributed by atoms with van der Waals surface area (Å²) in [6.45, 7) is 5.64. The fraction of sp³-hybridized carbons (Fsp3) is 0.250. The monoisotopic (exact) mass is 204 g/mol. The summed E-state index contributed by atoms with van der Waals surface area (Å²) in [6.07, 6.45) is -0.375. The lowest BCUT2D eigenvalue weighted by Gasteiger charge is -2.15. The predicted molar refractivity (Wildman–Crippen MR) is 55.0 cm³/mol. The van der Waals surface area contributed by atoms with E-state index in [0.29, 0.717) is 5.57 Å². The topological polar surface area (TPSA) is 35.5 Å². The van der Waals surface area contributed by atoms with E-state index < -0.39 is 5.97 Å². The molecule has 1 aliphatic rings.